The second-order valence-corrected chi connectivity index (χ2v) is 5.93. The highest BCUT2D eigenvalue weighted by Crippen LogP contribution is 2.21. The van der Waals surface area contributed by atoms with Gasteiger partial charge in [0.1, 0.15) is 5.69 Å². The summed E-state index contributed by atoms with van der Waals surface area (Å²) in [6, 6.07) is 5.95. The van der Waals surface area contributed by atoms with Crippen LogP contribution in [0.2, 0.25) is 0 Å². The molecule has 0 radical (unpaired) electrons. The molecule has 2 nitrogen and oxygen atoms in total. The summed E-state index contributed by atoms with van der Waals surface area (Å²) in [5.74, 6) is 7.42. The highest BCUT2D eigenvalue weighted by atomic mass is 32.2. The van der Waals surface area contributed by atoms with Crippen LogP contribution in [0.15, 0.2) is 29.8 Å². The first kappa shape index (κ1) is 14.2. The molecule has 0 aliphatic carbocycles. The van der Waals surface area contributed by atoms with Crippen LogP contribution in [0.5, 0.6) is 0 Å². The topological polar surface area (TPSA) is 16.1 Å². The highest BCUT2D eigenvalue weighted by molar-refractivity contribution is 7.96. The minimum atomic E-state index is 0.857. The number of hydrogen-bond donors (Lipinski definition) is 0. The van der Waals surface area contributed by atoms with Gasteiger partial charge in [-0.3, -0.25) is 0 Å². The third-order valence-corrected chi connectivity index (χ3v) is 4.03. The molecule has 0 atom stereocenters. The van der Waals surface area contributed by atoms with Crippen molar-refractivity contribution in [1.82, 2.24) is 9.29 Å². The molecule has 3 heteroatoms. The number of piperidine rings is 1. The maximum Gasteiger partial charge on any atom is 0.113 e. The Labute approximate surface area is 120 Å². The van der Waals surface area contributed by atoms with Crippen molar-refractivity contribution < 1.29 is 0 Å². The summed E-state index contributed by atoms with van der Waals surface area (Å²) >= 11 is 1.94. The predicted molar refractivity (Wildman–Crippen MR) is 82.9 cm³/mol. The summed E-state index contributed by atoms with van der Waals surface area (Å²) in [4.78, 5) is 4.38. The number of rotatable bonds is 2. The van der Waals surface area contributed by atoms with Crippen molar-refractivity contribution in [2.24, 2.45) is 0 Å². The molecule has 1 aromatic rings. The van der Waals surface area contributed by atoms with E-state index in [9.17, 15) is 0 Å². The van der Waals surface area contributed by atoms with Gasteiger partial charge in [0.2, 0.25) is 0 Å². The standard InChI is InChI=1S/C16H20N2S/c1-3-19-18-12-10-15(11-13-18)7-5-9-16-8-4-6-14(2)17-16/h4,6-8H,3,10-13H2,1-2H3. The summed E-state index contributed by atoms with van der Waals surface area (Å²) in [5.41, 5.74) is 3.34. The molecule has 2 rings (SSSR count). The van der Waals surface area contributed by atoms with Crippen LogP contribution in [0.3, 0.4) is 0 Å². The molecule has 1 saturated heterocycles. The summed E-state index contributed by atoms with van der Waals surface area (Å²) in [7, 11) is 0. The van der Waals surface area contributed by atoms with Crippen molar-refractivity contribution in [2.45, 2.75) is 26.7 Å². The Hall–Kier alpha value is -1.24. The Bertz CT molecular complexity index is 501. The average Bonchev–Trinajstić information content (AvgIpc) is 2.41. The minimum absolute atomic E-state index is 0.857. The van der Waals surface area contributed by atoms with E-state index in [0.29, 0.717) is 0 Å². The largest absolute Gasteiger partial charge is 0.250 e. The molecule has 100 valence electrons. The van der Waals surface area contributed by atoms with Crippen molar-refractivity contribution >= 4 is 11.9 Å². The fourth-order valence-corrected chi connectivity index (χ4v) is 2.86. The maximum atomic E-state index is 4.38. The lowest BCUT2D eigenvalue weighted by molar-refractivity contribution is 0.435. The highest BCUT2D eigenvalue weighted by Gasteiger charge is 2.12. The molecule has 0 amide bonds. The molecule has 0 spiro atoms. The Morgan fingerprint density at radius 3 is 2.84 bits per heavy atom. The lowest BCUT2D eigenvalue weighted by atomic mass is 10.1. The quantitative estimate of drug-likeness (QED) is 0.606. The van der Waals surface area contributed by atoms with E-state index >= 15 is 0 Å². The van der Waals surface area contributed by atoms with Crippen LogP contribution in [0.25, 0.3) is 0 Å². The molecule has 2 heterocycles. The number of hydrogen-bond acceptors (Lipinski definition) is 3. The second kappa shape index (κ2) is 7.37. The van der Waals surface area contributed by atoms with E-state index in [1.54, 1.807) is 0 Å². The van der Waals surface area contributed by atoms with E-state index in [1.165, 1.54) is 5.57 Å². The maximum absolute atomic E-state index is 4.38. The third kappa shape index (κ3) is 4.74. The molecule has 1 aromatic heterocycles. The molecule has 19 heavy (non-hydrogen) atoms. The molecule has 1 fully saturated rings. The average molecular weight is 272 g/mol. The SMILES string of the molecule is CCSN1CCC(=CC#Cc2cccc(C)n2)CC1. The molecule has 0 N–H and O–H groups in total. The molecular weight excluding hydrogens is 252 g/mol. The number of aromatic nitrogens is 1. The predicted octanol–water partition coefficient (Wildman–Crippen LogP) is 3.43. The second-order valence-electron chi connectivity index (χ2n) is 4.58. The number of nitrogens with zero attached hydrogens (tertiary/aromatic N) is 2. The molecule has 0 aromatic carbocycles. The molecule has 0 unspecified atom stereocenters. The fraction of sp³-hybridized carbons (Fsp3) is 0.438. The molecule has 0 bridgehead atoms. The van der Waals surface area contributed by atoms with Crippen LogP contribution in [-0.4, -0.2) is 28.1 Å². The monoisotopic (exact) mass is 272 g/mol. The Balaban J connectivity index is 1.90. The van der Waals surface area contributed by atoms with Crippen LogP contribution < -0.4 is 0 Å². The summed E-state index contributed by atoms with van der Waals surface area (Å²) in [6.07, 6.45) is 4.36. The molecule has 1 aliphatic rings. The zero-order valence-electron chi connectivity index (χ0n) is 11.6. The summed E-state index contributed by atoms with van der Waals surface area (Å²) in [5, 5.41) is 0. The minimum Gasteiger partial charge on any atom is -0.250 e. The van der Waals surface area contributed by atoms with E-state index in [0.717, 1.165) is 43.1 Å². The van der Waals surface area contributed by atoms with Crippen molar-refractivity contribution in [2.75, 3.05) is 18.8 Å². The third-order valence-electron chi connectivity index (χ3n) is 3.04. The van der Waals surface area contributed by atoms with Gasteiger partial charge in [-0.15, -0.1) is 0 Å². The van der Waals surface area contributed by atoms with Gasteiger partial charge in [0.05, 0.1) is 0 Å². The van der Waals surface area contributed by atoms with Gasteiger partial charge in [0, 0.05) is 24.5 Å². The van der Waals surface area contributed by atoms with Gasteiger partial charge >= 0.3 is 0 Å². The first-order chi connectivity index (χ1) is 9.28. The van der Waals surface area contributed by atoms with Crippen LogP contribution in [0, 0.1) is 18.8 Å². The Kier molecular flexibility index (Phi) is 5.50. The lowest BCUT2D eigenvalue weighted by Gasteiger charge is -2.26. The van der Waals surface area contributed by atoms with Crippen LogP contribution in [0.4, 0.5) is 0 Å². The summed E-state index contributed by atoms with van der Waals surface area (Å²) < 4.78 is 2.45. The Morgan fingerprint density at radius 1 is 1.37 bits per heavy atom. The van der Waals surface area contributed by atoms with Gasteiger partial charge in [0.25, 0.3) is 0 Å². The first-order valence-electron chi connectivity index (χ1n) is 6.79. The van der Waals surface area contributed by atoms with Crippen molar-refractivity contribution in [3.8, 4) is 11.8 Å². The lowest BCUT2D eigenvalue weighted by Crippen LogP contribution is -2.24. The van der Waals surface area contributed by atoms with E-state index in [-0.39, 0.29) is 0 Å². The van der Waals surface area contributed by atoms with E-state index in [2.05, 4.69) is 34.1 Å². The number of allylic oxidation sites excluding steroid dienone is 1. The van der Waals surface area contributed by atoms with Crippen LogP contribution in [0.1, 0.15) is 31.2 Å². The van der Waals surface area contributed by atoms with E-state index in [4.69, 9.17) is 0 Å². The van der Waals surface area contributed by atoms with Crippen molar-refractivity contribution in [1.29, 1.82) is 0 Å². The number of aryl methyl sites for hydroxylation is 1. The molecule has 1 aliphatic heterocycles. The van der Waals surface area contributed by atoms with E-state index < -0.39 is 0 Å². The van der Waals surface area contributed by atoms with Gasteiger partial charge in [-0.25, -0.2) is 9.29 Å². The van der Waals surface area contributed by atoms with Crippen molar-refractivity contribution in [3.63, 3.8) is 0 Å². The first-order valence-corrected chi connectivity index (χ1v) is 7.73. The Morgan fingerprint density at radius 2 is 2.16 bits per heavy atom. The molecular formula is C16H20N2S. The van der Waals surface area contributed by atoms with Crippen LogP contribution >= 0.6 is 11.9 Å². The smallest absolute Gasteiger partial charge is 0.113 e. The van der Waals surface area contributed by atoms with Crippen LogP contribution in [-0.2, 0) is 0 Å². The summed E-state index contributed by atoms with van der Waals surface area (Å²) in [6.45, 7) is 6.49. The van der Waals surface area contributed by atoms with E-state index in [1.807, 2.05) is 37.1 Å². The molecule has 0 saturated carbocycles. The van der Waals surface area contributed by atoms with Gasteiger partial charge in [-0.05, 0) is 43.9 Å². The zero-order valence-corrected chi connectivity index (χ0v) is 12.5. The normalized spacial score (nSPS) is 15.8. The van der Waals surface area contributed by atoms with Gasteiger partial charge < -0.3 is 0 Å². The van der Waals surface area contributed by atoms with Gasteiger partial charge in [-0.2, -0.15) is 0 Å². The van der Waals surface area contributed by atoms with Gasteiger partial charge in [-0.1, -0.05) is 36.4 Å². The number of pyridine rings is 1. The fourth-order valence-electron chi connectivity index (χ4n) is 2.05. The van der Waals surface area contributed by atoms with Crippen molar-refractivity contribution in [3.05, 3.63) is 41.2 Å². The van der Waals surface area contributed by atoms with Gasteiger partial charge in [0.15, 0.2) is 0 Å². The zero-order chi connectivity index (χ0) is 13.5.